The van der Waals surface area contributed by atoms with Gasteiger partial charge in [0.1, 0.15) is 0 Å². The van der Waals surface area contributed by atoms with Crippen LogP contribution in [0.4, 0.5) is 0 Å². The van der Waals surface area contributed by atoms with Gasteiger partial charge < -0.3 is 5.32 Å². The lowest BCUT2D eigenvalue weighted by molar-refractivity contribution is -0.124. The minimum absolute atomic E-state index is 0.0672. The van der Waals surface area contributed by atoms with E-state index in [1.54, 1.807) is 4.68 Å². The molecule has 0 spiro atoms. The average Bonchev–Trinajstić information content (AvgIpc) is 3.08. The average molecular weight is 369 g/mol. The molecule has 1 amide bonds. The molecule has 7 heteroatoms. The van der Waals surface area contributed by atoms with E-state index in [-0.39, 0.29) is 11.4 Å². The third-order valence-electron chi connectivity index (χ3n) is 6.22. The van der Waals surface area contributed by atoms with Crippen molar-refractivity contribution in [2.24, 2.45) is 17.8 Å². The van der Waals surface area contributed by atoms with Crippen LogP contribution in [-0.4, -0.2) is 37.4 Å². The van der Waals surface area contributed by atoms with Crippen LogP contribution in [-0.2, 0) is 4.79 Å². The summed E-state index contributed by atoms with van der Waals surface area (Å²) >= 11 is 1.40. The summed E-state index contributed by atoms with van der Waals surface area (Å²) in [6.45, 7) is 0. The summed E-state index contributed by atoms with van der Waals surface area (Å²) in [5, 5.41) is 15.9. The van der Waals surface area contributed by atoms with Crippen molar-refractivity contribution in [3.05, 3.63) is 30.3 Å². The van der Waals surface area contributed by atoms with Crippen LogP contribution in [0.15, 0.2) is 35.5 Å². The van der Waals surface area contributed by atoms with Crippen LogP contribution < -0.4 is 5.32 Å². The number of carbonyl (C=O) groups excluding carboxylic acids is 1. The molecule has 4 aliphatic carbocycles. The molecule has 0 unspecified atom stereocenters. The van der Waals surface area contributed by atoms with Crippen LogP contribution in [0, 0.1) is 17.8 Å². The number of amides is 1. The lowest BCUT2D eigenvalue weighted by atomic mass is 9.53. The molecule has 1 aromatic heterocycles. The van der Waals surface area contributed by atoms with E-state index < -0.39 is 0 Å². The lowest BCUT2D eigenvalue weighted by Gasteiger charge is -2.56. The largest absolute Gasteiger partial charge is 0.350 e. The van der Waals surface area contributed by atoms with Crippen molar-refractivity contribution >= 4 is 17.7 Å². The van der Waals surface area contributed by atoms with Crippen LogP contribution in [0.1, 0.15) is 38.5 Å². The number of nitrogens with one attached hydrogen (secondary N) is 1. The highest BCUT2D eigenvalue weighted by Gasteiger charge is 2.51. The minimum Gasteiger partial charge on any atom is -0.350 e. The summed E-state index contributed by atoms with van der Waals surface area (Å²) < 4.78 is 1.68. The smallest absolute Gasteiger partial charge is 0.230 e. The summed E-state index contributed by atoms with van der Waals surface area (Å²) in [6, 6.07) is 9.77. The Hall–Kier alpha value is -1.89. The Morgan fingerprint density at radius 2 is 1.77 bits per heavy atom. The van der Waals surface area contributed by atoms with E-state index in [0.29, 0.717) is 10.9 Å². The van der Waals surface area contributed by atoms with Crippen LogP contribution in [0.5, 0.6) is 0 Å². The SMILES string of the molecule is O=C(CSc1nnnn1-c1ccccc1)NC12CC3CC(CC(C3)C1)C2. The van der Waals surface area contributed by atoms with Gasteiger partial charge in [-0.2, -0.15) is 4.68 Å². The lowest BCUT2D eigenvalue weighted by Crippen LogP contribution is -2.60. The molecule has 2 aromatic rings. The fourth-order valence-electron chi connectivity index (χ4n) is 5.73. The number of nitrogens with zero attached hydrogens (tertiary/aromatic N) is 4. The fourth-order valence-corrected chi connectivity index (χ4v) is 6.42. The van der Waals surface area contributed by atoms with Crippen molar-refractivity contribution in [2.75, 3.05) is 5.75 Å². The van der Waals surface area contributed by atoms with Gasteiger partial charge in [-0.05, 0) is 78.8 Å². The molecule has 136 valence electrons. The number of carbonyl (C=O) groups is 1. The van der Waals surface area contributed by atoms with Gasteiger partial charge in [0.15, 0.2) is 0 Å². The van der Waals surface area contributed by atoms with Gasteiger partial charge in [0.2, 0.25) is 11.1 Å². The Bertz CT molecular complexity index is 770. The summed E-state index contributed by atoms with van der Waals surface area (Å²) in [7, 11) is 0. The second-order valence-electron chi connectivity index (χ2n) is 8.24. The van der Waals surface area contributed by atoms with E-state index in [2.05, 4.69) is 20.8 Å². The molecule has 4 bridgehead atoms. The molecule has 4 fully saturated rings. The Morgan fingerprint density at radius 1 is 1.12 bits per heavy atom. The zero-order valence-corrected chi connectivity index (χ0v) is 15.5. The minimum atomic E-state index is 0.0672. The van der Waals surface area contributed by atoms with Crippen molar-refractivity contribution < 1.29 is 4.79 Å². The molecule has 1 aromatic carbocycles. The molecule has 0 aliphatic heterocycles. The maximum absolute atomic E-state index is 12.7. The maximum Gasteiger partial charge on any atom is 0.230 e. The molecule has 1 heterocycles. The third kappa shape index (κ3) is 3.02. The molecule has 26 heavy (non-hydrogen) atoms. The first-order chi connectivity index (χ1) is 12.7. The van der Waals surface area contributed by atoms with Gasteiger partial charge in [-0.3, -0.25) is 4.79 Å². The molecule has 0 radical (unpaired) electrons. The van der Waals surface area contributed by atoms with Crippen molar-refractivity contribution in [3.63, 3.8) is 0 Å². The van der Waals surface area contributed by atoms with E-state index in [1.165, 1.54) is 50.3 Å². The van der Waals surface area contributed by atoms with Crippen molar-refractivity contribution in [2.45, 2.75) is 49.2 Å². The molecular weight excluding hydrogens is 346 g/mol. The summed E-state index contributed by atoms with van der Waals surface area (Å²) in [6.07, 6.45) is 7.69. The van der Waals surface area contributed by atoms with Crippen LogP contribution in [0.25, 0.3) is 5.69 Å². The van der Waals surface area contributed by atoms with E-state index >= 15 is 0 Å². The molecule has 0 atom stereocenters. The highest BCUT2D eigenvalue weighted by atomic mass is 32.2. The number of aromatic nitrogens is 4. The van der Waals surface area contributed by atoms with Gasteiger partial charge in [-0.15, -0.1) is 5.10 Å². The number of hydrogen-bond acceptors (Lipinski definition) is 5. The number of tetrazole rings is 1. The highest BCUT2D eigenvalue weighted by molar-refractivity contribution is 7.99. The Morgan fingerprint density at radius 3 is 2.42 bits per heavy atom. The first-order valence-corrected chi connectivity index (χ1v) is 10.5. The predicted molar refractivity (Wildman–Crippen MR) is 98.9 cm³/mol. The molecule has 6 rings (SSSR count). The van der Waals surface area contributed by atoms with E-state index in [1.807, 2.05) is 30.3 Å². The van der Waals surface area contributed by atoms with Gasteiger partial charge in [0, 0.05) is 5.54 Å². The van der Waals surface area contributed by atoms with Gasteiger partial charge in [-0.1, -0.05) is 30.0 Å². The second kappa shape index (κ2) is 6.37. The van der Waals surface area contributed by atoms with Gasteiger partial charge >= 0.3 is 0 Å². The number of para-hydroxylation sites is 1. The van der Waals surface area contributed by atoms with Gasteiger partial charge in [0.25, 0.3) is 0 Å². The molecule has 0 saturated heterocycles. The molecule has 6 nitrogen and oxygen atoms in total. The summed E-state index contributed by atoms with van der Waals surface area (Å²) in [5.74, 6) is 2.97. The molecule has 1 N–H and O–H groups in total. The quantitative estimate of drug-likeness (QED) is 0.821. The standard InChI is InChI=1S/C19H23N5OS/c25-17(20-19-9-13-6-14(10-19)8-15(7-13)11-19)12-26-18-21-22-23-24(18)16-4-2-1-3-5-16/h1-5,13-15H,6-12H2,(H,20,25). The number of hydrogen-bond donors (Lipinski definition) is 1. The number of thioether (sulfide) groups is 1. The summed E-state index contributed by atoms with van der Waals surface area (Å²) in [5.41, 5.74) is 0.971. The third-order valence-corrected chi connectivity index (χ3v) is 7.14. The first-order valence-electron chi connectivity index (χ1n) is 9.47. The molecular formula is C19H23N5OS. The topological polar surface area (TPSA) is 72.7 Å². The maximum atomic E-state index is 12.7. The molecule has 4 saturated carbocycles. The van der Waals surface area contributed by atoms with E-state index in [9.17, 15) is 4.79 Å². The van der Waals surface area contributed by atoms with E-state index in [0.717, 1.165) is 23.4 Å². The van der Waals surface area contributed by atoms with Gasteiger partial charge in [-0.25, -0.2) is 0 Å². The number of rotatable bonds is 5. The van der Waals surface area contributed by atoms with E-state index in [4.69, 9.17) is 0 Å². The van der Waals surface area contributed by atoms with Crippen LogP contribution >= 0.6 is 11.8 Å². The van der Waals surface area contributed by atoms with Gasteiger partial charge in [0.05, 0.1) is 11.4 Å². The van der Waals surface area contributed by atoms with Crippen LogP contribution in [0.3, 0.4) is 0 Å². The number of benzene rings is 1. The molecule has 4 aliphatic rings. The van der Waals surface area contributed by atoms with Crippen molar-refractivity contribution in [1.82, 2.24) is 25.5 Å². The second-order valence-corrected chi connectivity index (χ2v) is 9.19. The highest BCUT2D eigenvalue weighted by Crippen LogP contribution is 2.55. The zero-order chi connectivity index (χ0) is 17.6. The first kappa shape index (κ1) is 16.3. The Labute approximate surface area is 157 Å². The zero-order valence-electron chi connectivity index (χ0n) is 14.7. The Balaban J connectivity index is 1.23. The fraction of sp³-hybridized carbons (Fsp3) is 0.579. The Kier molecular flexibility index (Phi) is 3.99. The van der Waals surface area contributed by atoms with Crippen molar-refractivity contribution in [3.8, 4) is 5.69 Å². The van der Waals surface area contributed by atoms with Crippen LogP contribution in [0.2, 0.25) is 0 Å². The summed E-state index contributed by atoms with van der Waals surface area (Å²) in [4.78, 5) is 12.7. The monoisotopic (exact) mass is 369 g/mol. The normalized spacial score (nSPS) is 31.9. The van der Waals surface area contributed by atoms with Crippen molar-refractivity contribution in [1.29, 1.82) is 0 Å². The predicted octanol–water partition coefficient (Wildman–Crippen LogP) is 2.84.